The molecule has 0 spiro atoms. The zero-order valence-electron chi connectivity index (χ0n) is 21.3. The van der Waals surface area contributed by atoms with E-state index < -0.39 is 12.1 Å². The van der Waals surface area contributed by atoms with E-state index in [0.29, 0.717) is 24.1 Å². The summed E-state index contributed by atoms with van der Waals surface area (Å²) in [7, 11) is 3.21. The molecule has 0 saturated heterocycles. The van der Waals surface area contributed by atoms with Gasteiger partial charge in [-0.1, -0.05) is 72.8 Å². The highest BCUT2D eigenvalue weighted by Crippen LogP contribution is 2.20. The van der Waals surface area contributed by atoms with Crippen LogP contribution in [0.25, 0.3) is 10.8 Å². The maximum atomic E-state index is 13.9. The average molecular weight is 519 g/mol. The fraction of sp³-hybridized carbons (Fsp3) is 0.345. The highest BCUT2D eigenvalue weighted by molar-refractivity contribution is 7.80. The predicted molar refractivity (Wildman–Crippen MR) is 151 cm³/mol. The van der Waals surface area contributed by atoms with E-state index in [1.807, 2.05) is 72.8 Å². The van der Waals surface area contributed by atoms with Gasteiger partial charge >= 0.3 is 6.09 Å². The Bertz CT molecular complexity index is 1250. The molecule has 1 fully saturated rings. The van der Waals surface area contributed by atoms with Crippen LogP contribution in [0.15, 0.2) is 72.8 Å². The first-order valence-corrected chi connectivity index (χ1v) is 13.0. The van der Waals surface area contributed by atoms with Crippen LogP contribution >= 0.6 is 12.2 Å². The third kappa shape index (κ3) is 7.20. The van der Waals surface area contributed by atoms with E-state index in [9.17, 15) is 14.7 Å². The van der Waals surface area contributed by atoms with Crippen molar-refractivity contribution < 1.29 is 14.7 Å². The summed E-state index contributed by atoms with van der Waals surface area (Å²) < 4.78 is 0. The van der Waals surface area contributed by atoms with Crippen molar-refractivity contribution in [2.75, 3.05) is 20.6 Å². The number of amides is 2. The first-order chi connectivity index (χ1) is 17.8. The molecule has 0 aromatic heterocycles. The lowest BCUT2D eigenvalue weighted by molar-refractivity contribution is -0.136. The van der Waals surface area contributed by atoms with E-state index in [2.05, 4.69) is 10.6 Å². The second kappa shape index (κ2) is 12.1. The minimum Gasteiger partial charge on any atom is -0.465 e. The molecule has 0 bridgehead atoms. The van der Waals surface area contributed by atoms with Gasteiger partial charge in [0.25, 0.3) is 0 Å². The highest BCUT2D eigenvalue weighted by atomic mass is 32.1. The summed E-state index contributed by atoms with van der Waals surface area (Å²) in [6.45, 7) is 0.454. The minimum atomic E-state index is -1.14. The molecule has 4 rings (SSSR count). The fourth-order valence-corrected chi connectivity index (χ4v) is 4.68. The van der Waals surface area contributed by atoms with Crippen LogP contribution in [0.4, 0.5) is 4.79 Å². The van der Waals surface area contributed by atoms with Gasteiger partial charge in [0.15, 0.2) is 5.11 Å². The molecule has 194 valence electrons. The molecule has 2 atom stereocenters. The molecular weight excluding hydrogens is 484 g/mol. The van der Waals surface area contributed by atoms with E-state index in [4.69, 9.17) is 12.2 Å². The SMILES string of the molecule is CN(C(=O)[C@@H](Cc1ccc2ccccc2c1)N(C)C(=O)O)[C@@H](CNC(=S)NC1CC1)Cc1ccccc1. The maximum absolute atomic E-state index is 13.9. The van der Waals surface area contributed by atoms with Crippen molar-refractivity contribution in [1.29, 1.82) is 0 Å². The number of nitrogens with zero attached hydrogens (tertiary/aromatic N) is 2. The molecule has 0 aliphatic heterocycles. The number of benzene rings is 3. The Kier molecular flexibility index (Phi) is 8.61. The largest absolute Gasteiger partial charge is 0.465 e. The van der Waals surface area contributed by atoms with E-state index in [1.165, 1.54) is 7.05 Å². The standard InChI is InChI=1S/C29H34N4O3S/c1-32(25(17-20-8-4-3-5-9-20)19-30-28(37)31-24-14-15-24)27(34)26(33(2)29(35)36)18-21-12-13-22-10-6-7-11-23(22)16-21/h3-13,16,24-26H,14-15,17-19H2,1-2H3,(H,35,36)(H2,30,31,37)/t25-,26-/m1/s1. The van der Waals surface area contributed by atoms with Gasteiger partial charge in [0.05, 0.1) is 6.04 Å². The number of carbonyl (C=O) groups excluding carboxylic acids is 1. The molecule has 0 radical (unpaired) electrons. The second-order valence-electron chi connectivity index (χ2n) is 9.72. The second-order valence-corrected chi connectivity index (χ2v) is 10.1. The van der Waals surface area contributed by atoms with Gasteiger partial charge in [-0.2, -0.15) is 0 Å². The monoisotopic (exact) mass is 518 g/mol. The van der Waals surface area contributed by atoms with E-state index in [0.717, 1.165) is 39.6 Å². The lowest BCUT2D eigenvalue weighted by Crippen LogP contribution is -2.55. The van der Waals surface area contributed by atoms with Gasteiger partial charge in [0, 0.05) is 33.1 Å². The van der Waals surface area contributed by atoms with Crippen LogP contribution in [-0.2, 0) is 17.6 Å². The quantitative estimate of drug-likeness (QED) is 0.351. The van der Waals surface area contributed by atoms with Crippen molar-refractivity contribution in [3.05, 3.63) is 83.9 Å². The smallest absolute Gasteiger partial charge is 0.407 e. The Morgan fingerprint density at radius 3 is 2.27 bits per heavy atom. The first kappa shape index (κ1) is 26.4. The summed E-state index contributed by atoms with van der Waals surface area (Å²) >= 11 is 5.45. The normalized spacial score (nSPS) is 14.4. The number of likely N-dealkylation sites (N-methyl/N-ethyl adjacent to an activating group) is 2. The zero-order chi connectivity index (χ0) is 26.4. The summed E-state index contributed by atoms with van der Waals surface area (Å²) in [6, 6.07) is 23.3. The van der Waals surface area contributed by atoms with Crippen molar-refractivity contribution in [2.45, 2.75) is 43.8 Å². The van der Waals surface area contributed by atoms with E-state index in [-0.39, 0.29) is 18.4 Å². The van der Waals surface area contributed by atoms with Crippen molar-refractivity contribution in [3.8, 4) is 0 Å². The molecule has 0 heterocycles. The number of hydrogen-bond donors (Lipinski definition) is 3. The average Bonchev–Trinajstić information content (AvgIpc) is 3.72. The van der Waals surface area contributed by atoms with Crippen LogP contribution in [0.1, 0.15) is 24.0 Å². The topological polar surface area (TPSA) is 84.9 Å². The predicted octanol–water partition coefficient (Wildman–Crippen LogP) is 4.06. The zero-order valence-corrected chi connectivity index (χ0v) is 22.1. The van der Waals surface area contributed by atoms with Crippen LogP contribution in [0.5, 0.6) is 0 Å². The number of fused-ring (bicyclic) bond motifs is 1. The van der Waals surface area contributed by atoms with Gasteiger partial charge in [-0.25, -0.2) is 4.79 Å². The summed E-state index contributed by atoms with van der Waals surface area (Å²) in [5.74, 6) is -0.248. The molecule has 1 saturated carbocycles. The van der Waals surface area contributed by atoms with Gasteiger partial charge in [0.1, 0.15) is 6.04 Å². The molecule has 1 aliphatic rings. The number of rotatable bonds is 10. The number of hydrogen-bond acceptors (Lipinski definition) is 3. The number of carboxylic acid groups (broad SMARTS) is 1. The summed E-state index contributed by atoms with van der Waals surface area (Å²) in [5.41, 5.74) is 2.00. The molecule has 37 heavy (non-hydrogen) atoms. The molecular formula is C29H34N4O3S. The summed E-state index contributed by atoms with van der Waals surface area (Å²) in [6.07, 6.45) is 1.99. The number of thiocarbonyl (C=S) groups is 1. The van der Waals surface area contributed by atoms with Gasteiger partial charge in [-0.15, -0.1) is 0 Å². The van der Waals surface area contributed by atoms with Crippen LogP contribution in [0, 0.1) is 0 Å². The van der Waals surface area contributed by atoms with Gasteiger partial charge in [-0.05, 0) is 53.4 Å². The summed E-state index contributed by atoms with van der Waals surface area (Å²) in [4.78, 5) is 28.6. The minimum absolute atomic E-state index is 0.227. The lowest BCUT2D eigenvalue weighted by atomic mass is 9.99. The van der Waals surface area contributed by atoms with E-state index >= 15 is 0 Å². The molecule has 2 amide bonds. The fourth-order valence-electron chi connectivity index (χ4n) is 4.43. The maximum Gasteiger partial charge on any atom is 0.407 e. The van der Waals surface area contributed by atoms with Crippen LogP contribution in [0.3, 0.4) is 0 Å². The van der Waals surface area contributed by atoms with Crippen LogP contribution in [0.2, 0.25) is 0 Å². The molecule has 8 heteroatoms. The molecule has 3 N–H and O–H groups in total. The Balaban J connectivity index is 1.54. The van der Waals surface area contributed by atoms with Crippen molar-refractivity contribution in [3.63, 3.8) is 0 Å². The Morgan fingerprint density at radius 1 is 0.919 bits per heavy atom. The Hall–Kier alpha value is -3.65. The Labute approximate surface area is 223 Å². The number of carbonyl (C=O) groups is 2. The van der Waals surface area contributed by atoms with Crippen molar-refractivity contribution >= 4 is 40.1 Å². The highest BCUT2D eigenvalue weighted by Gasteiger charge is 2.33. The van der Waals surface area contributed by atoms with Crippen LogP contribution in [-0.4, -0.2) is 70.8 Å². The number of nitrogens with one attached hydrogen (secondary N) is 2. The van der Waals surface area contributed by atoms with Crippen molar-refractivity contribution in [2.24, 2.45) is 0 Å². The third-order valence-corrected chi connectivity index (χ3v) is 7.18. The van der Waals surface area contributed by atoms with Crippen molar-refractivity contribution in [1.82, 2.24) is 20.4 Å². The molecule has 1 aliphatic carbocycles. The van der Waals surface area contributed by atoms with Gasteiger partial charge in [0.2, 0.25) is 5.91 Å². The van der Waals surface area contributed by atoms with Gasteiger partial charge in [-0.3, -0.25) is 9.69 Å². The molecule has 7 nitrogen and oxygen atoms in total. The summed E-state index contributed by atoms with van der Waals surface area (Å²) in [5, 5.41) is 19.1. The molecule has 3 aromatic carbocycles. The third-order valence-electron chi connectivity index (χ3n) is 6.92. The molecule has 3 aromatic rings. The van der Waals surface area contributed by atoms with Gasteiger partial charge < -0.3 is 20.6 Å². The van der Waals surface area contributed by atoms with Crippen LogP contribution < -0.4 is 10.6 Å². The lowest BCUT2D eigenvalue weighted by Gasteiger charge is -2.34. The first-order valence-electron chi connectivity index (χ1n) is 12.6. The van der Waals surface area contributed by atoms with E-state index in [1.54, 1.807) is 11.9 Å². The molecule has 0 unspecified atom stereocenters. The Morgan fingerprint density at radius 2 is 1.59 bits per heavy atom.